The molecule has 118 valence electrons. The minimum absolute atomic E-state index is 0.152. The Kier molecular flexibility index (Phi) is 6.39. The summed E-state index contributed by atoms with van der Waals surface area (Å²) < 4.78 is 6.45. The Balaban J connectivity index is 2.56. The second-order valence-electron chi connectivity index (χ2n) is 5.20. The second-order valence-corrected chi connectivity index (χ2v) is 5.56. The fourth-order valence-electron chi connectivity index (χ4n) is 1.74. The molecule has 0 saturated carbocycles. The van der Waals surface area contributed by atoms with Crippen LogP contribution in [0.1, 0.15) is 24.6 Å². The SMILES string of the molecule is COCCC(C)(O)CNC(=O)/C=C/c1c(C)nn(C)c1Cl. The summed E-state index contributed by atoms with van der Waals surface area (Å²) in [5.41, 5.74) is 0.459. The first kappa shape index (κ1) is 17.7. The fraction of sp³-hybridized carbons (Fsp3) is 0.571. The van der Waals surface area contributed by atoms with Gasteiger partial charge in [0, 0.05) is 45.4 Å². The van der Waals surface area contributed by atoms with Crippen LogP contribution in [0.4, 0.5) is 0 Å². The van der Waals surface area contributed by atoms with Crippen LogP contribution in [-0.2, 0) is 16.6 Å². The van der Waals surface area contributed by atoms with Crippen molar-refractivity contribution < 1.29 is 14.6 Å². The van der Waals surface area contributed by atoms with E-state index >= 15 is 0 Å². The molecule has 21 heavy (non-hydrogen) atoms. The molecule has 0 aliphatic rings. The molecule has 0 saturated heterocycles. The van der Waals surface area contributed by atoms with Crippen molar-refractivity contribution in [1.82, 2.24) is 15.1 Å². The lowest BCUT2D eigenvalue weighted by Gasteiger charge is -2.22. The van der Waals surface area contributed by atoms with Gasteiger partial charge in [0.15, 0.2) is 0 Å². The number of halogens is 1. The third-order valence-electron chi connectivity index (χ3n) is 3.09. The maximum absolute atomic E-state index is 11.8. The molecule has 1 rings (SSSR count). The predicted molar refractivity (Wildman–Crippen MR) is 82.1 cm³/mol. The van der Waals surface area contributed by atoms with E-state index in [9.17, 15) is 9.90 Å². The molecule has 0 aliphatic carbocycles. The second kappa shape index (κ2) is 7.59. The molecule has 7 heteroatoms. The van der Waals surface area contributed by atoms with Crippen LogP contribution in [-0.4, -0.2) is 46.7 Å². The average molecular weight is 316 g/mol. The molecular formula is C14H22ClN3O3. The summed E-state index contributed by atoms with van der Waals surface area (Å²) in [6.07, 6.45) is 3.44. The van der Waals surface area contributed by atoms with Crippen molar-refractivity contribution in [3.05, 3.63) is 22.5 Å². The molecule has 1 heterocycles. The molecular weight excluding hydrogens is 294 g/mol. The highest BCUT2D eigenvalue weighted by atomic mass is 35.5. The van der Waals surface area contributed by atoms with Gasteiger partial charge in [-0.1, -0.05) is 11.6 Å². The van der Waals surface area contributed by atoms with Gasteiger partial charge in [-0.15, -0.1) is 0 Å². The molecule has 1 atom stereocenters. The quantitative estimate of drug-likeness (QED) is 0.744. The van der Waals surface area contributed by atoms with E-state index in [2.05, 4.69) is 10.4 Å². The smallest absolute Gasteiger partial charge is 0.244 e. The summed E-state index contributed by atoms with van der Waals surface area (Å²) in [4.78, 5) is 11.8. The highest BCUT2D eigenvalue weighted by Crippen LogP contribution is 2.19. The molecule has 0 radical (unpaired) electrons. The van der Waals surface area contributed by atoms with Gasteiger partial charge in [0.2, 0.25) is 5.91 Å². The van der Waals surface area contributed by atoms with E-state index in [1.54, 1.807) is 31.8 Å². The Morgan fingerprint density at radius 3 is 2.81 bits per heavy atom. The number of amides is 1. The Morgan fingerprint density at radius 2 is 2.29 bits per heavy atom. The van der Waals surface area contributed by atoms with Crippen LogP contribution >= 0.6 is 11.6 Å². The highest BCUT2D eigenvalue weighted by molar-refractivity contribution is 6.31. The molecule has 0 aliphatic heterocycles. The molecule has 1 unspecified atom stereocenters. The number of nitrogens with zero attached hydrogens (tertiary/aromatic N) is 2. The van der Waals surface area contributed by atoms with Gasteiger partial charge in [0.25, 0.3) is 0 Å². The van der Waals surface area contributed by atoms with Crippen molar-refractivity contribution >= 4 is 23.6 Å². The number of hydrogen-bond donors (Lipinski definition) is 2. The van der Waals surface area contributed by atoms with Gasteiger partial charge in [-0.3, -0.25) is 9.48 Å². The molecule has 1 amide bonds. The van der Waals surface area contributed by atoms with Gasteiger partial charge < -0.3 is 15.2 Å². The molecule has 0 spiro atoms. The Morgan fingerprint density at radius 1 is 1.62 bits per heavy atom. The molecule has 0 bridgehead atoms. The van der Waals surface area contributed by atoms with Crippen molar-refractivity contribution in [2.24, 2.45) is 7.05 Å². The highest BCUT2D eigenvalue weighted by Gasteiger charge is 2.20. The van der Waals surface area contributed by atoms with Gasteiger partial charge >= 0.3 is 0 Å². The van der Waals surface area contributed by atoms with Crippen molar-refractivity contribution in [1.29, 1.82) is 0 Å². The van der Waals surface area contributed by atoms with Gasteiger partial charge in [0.05, 0.1) is 11.3 Å². The third-order valence-corrected chi connectivity index (χ3v) is 3.53. The number of aliphatic hydroxyl groups is 1. The predicted octanol–water partition coefficient (Wildman–Crippen LogP) is 1.30. The van der Waals surface area contributed by atoms with E-state index in [-0.39, 0.29) is 12.5 Å². The summed E-state index contributed by atoms with van der Waals surface area (Å²) in [6, 6.07) is 0. The lowest BCUT2D eigenvalue weighted by atomic mass is 10.0. The summed E-state index contributed by atoms with van der Waals surface area (Å²) in [5.74, 6) is -0.299. The average Bonchev–Trinajstić information content (AvgIpc) is 2.66. The standard InChI is InChI=1S/C14H22ClN3O3/c1-10-11(13(15)18(3)17-10)5-6-12(19)16-9-14(2,20)7-8-21-4/h5-6,20H,7-9H2,1-4H3,(H,16,19)/b6-5+. The minimum atomic E-state index is -0.999. The lowest BCUT2D eigenvalue weighted by Crippen LogP contribution is -2.40. The van der Waals surface area contributed by atoms with Gasteiger partial charge in [0.1, 0.15) is 5.15 Å². The summed E-state index contributed by atoms with van der Waals surface area (Å²) >= 11 is 6.07. The monoisotopic (exact) mass is 315 g/mol. The number of aryl methyl sites for hydroxylation is 2. The van der Waals surface area contributed by atoms with Gasteiger partial charge in [-0.05, 0) is 19.9 Å². The number of carbonyl (C=O) groups excluding carboxylic acids is 1. The summed E-state index contributed by atoms with van der Waals surface area (Å²) in [6.45, 7) is 4.06. The number of hydrogen-bond acceptors (Lipinski definition) is 4. The maximum atomic E-state index is 11.8. The first-order valence-corrected chi connectivity index (χ1v) is 7.01. The van der Waals surface area contributed by atoms with E-state index < -0.39 is 5.60 Å². The van der Waals surface area contributed by atoms with Crippen LogP contribution < -0.4 is 5.32 Å². The van der Waals surface area contributed by atoms with E-state index in [1.807, 2.05) is 6.92 Å². The van der Waals surface area contributed by atoms with Gasteiger partial charge in [-0.25, -0.2) is 0 Å². The first-order chi connectivity index (χ1) is 9.76. The van der Waals surface area contributed by atoms with Crippen LogP contribution in [0, 0.1) is 6.92 Å². The Bertz CT molecular complexity index is 524. The zero-order valence-corrected chi connectivity index (χ0v) is 13.6. The lowest BCUT2D eigenvalue weighted by molar-refractivity contribution is -0.117. The van der Waals surface area contributed by atoms with E-state index in [4.69, 9.17) is 16.3 Å². The molecule has 0 fully saturated rings. The van der Waals surface area contributed by atoms with E-state index in [0.717, 1.165) is 5.69 Å². The van der Waals surface area contributed by atoms with Crippen molar-refractivity contribution in [2.75, 3.05) is 20.3 Å². The number of nitrogens with one attached hydrogen (secondary N) is 1. The summed E-state index contributed by atoms with van der Waals surface area (Å²) in [5, 5.41) is 17.3. The van der Waals surface area contributed by atoms with Crippen LogP contribution in [0.3, 0.4) is 0 Å². The zero-order valence-electron chi connectivity index (χ0n) is 12.8. The largest absolute Gasteiger partial charge is 0.388 e. The van der Waals surface area contributed by atoms with Crippen LogP contribution in [0.5, 0.6) is 0 Å². The number of methoxy groups -OCH3 is 1. The third kappa shape index (κ3) is 5.49. The minimum Gasteiger partial charge on any atom is -0.388 e. The molecule has 6 nitrogen and oxygen atoms in total. The molecule has 0 aromatic carbocycles. The molecule has 2 N–H and O–H groups in total. The maximum Gasteiger partial charge on any atom is 0.244 e. The first-order valence-electron chi connectivity index (χ1n) is 6.63. The van der Waals surface area contributed by atoms with Crippen molar-refractivity contribution in [3.63, 3.8) is 0 Å². The number of aromatic nitrogens is 2. The molecule has 1 aromatic heterocycles. The fourth-order valence-corrected chi connectivity index (χ4v) is 1.98. The Hall–Kier alpha value is -1.37. The van der Waals surface area contributed by atoms with Crippen LogP contribution in [0.25, 0.3) is 6.08 Å². The molecule has 1 aromatic rings. The van der Waals surface area contributed by atoms with Crippen LogP contribution in [0.15, 0.2) is 6.08 Å². The van der Waals surface area contributed by atoms with Gasteiger partial charge in [-0.2, -0.15) is 5.10 Å². The van der Waals surface area contributed by atoms with E-state index in [0.29, 0.717) is 23.7 Å². The number of ether oxygens (including phenoxy) is 1. The van der Waals surface area contributed by atoms with Crippen molar-refractivity contribution in [3.8, 4) is 0 Å². The van der Waals surface area contributed by atoms with Crippen molar-refractivity contribution in [2.45, 2.75) is 25.9 Å². The zero-order chi connectivity index (χ0) is 16.0. The summed E-state index contributed by atoms with van der Waals surface area (Å²) in [7, 11) is 3.30. The Labute approximate surface area is 129 Å². The number of carbonyl (C=O) groups is 1. The normalized spacial score (nSPS) is 14.4. The van der Waals surface area contributed by atoms with Crippen LogP contribution in [0.2, 0.25) is 5.15 Å². The number of rotatable bonds is 7. The topological polar surface area (TPSA) is 76.4 Å². The van der Waals surface area contributed by atoms with E-state index in [1.165, 1.54) is 6.08 Å².